The molecule has 1 amide bonds. The number of aliphatic imine (C=N–C) groups is 1. The number of carbonyl (C=O) groups excluding carboxylic acids is 1. The molecule has 1 aliphatic rings. The van der Waals surface area contributed by atoms with Crippen LogP contribution in [0.4, 0.5) is 14.5 Å². The van der Waals surface area contributed by atoms with Crippen molar-refractivity contribution >= 4 is 45.3 Å². The number of fused-ring (bicyclic) bond motifs is 1. The fourth-order valence-electron chi connectivity index (χ4n) is 3.86. The Labute approximate surface area is 201 Å². The highest BCUT2D eigenvalue weighted by atomic mass is 35.5. The number of aryl methyl sites for hydroxylation is 1. The highest BCUT2D eigenvalue weighted by molar-refractivity contribution is 8.26. The molecular weight excluding hydrogens is 488 g/mol. The minimum atomic E-state index is -3.47. The first-order chi connectivity index (χ1) is 15.8. The molecule has 0 fully saturated rings. The summed E-state index contributed by atoms with van der Waals surface area (Å²) >= 11 is 6.02. The summed E-state index contributed by atoms with van der Waals surface area (Å²) in [5.74, 6) is -2.13. The minimum Gasteiger partial charge on any atom is -0.386 e. The fourth-order valence-corrected chi connectivity index (χ4v) is 5.72. The quantitative estimate of drug-likeness (QED) is 0.402. The third-order valence-electron chi connectivity index (χ3n) is 6.19. The van der Waals surface area contributed by atoms with Crippen molar-refractivity contribution < 1.29 is 22.7 Å². The Morgan fingerprint density at radius 1 is 1.32 bits per heavy atom. The summed E-state index contributed by atoms with van der Waals surface area (Å²) in [5.41, 5.74) is 5.10. The van der Waals surface area contributed by atoms with Gasteiger partial charge in [-0.15, -0.1) is 0 Å². The van der Waals surface area contributed by atoms with Crippen LogP contribution in [0.25, 0.3) is 5.65 Å². The third kappa shape index (κ3) is 3.82. The largest absolute Gasteiger partial charge is 0.386 e. The first-order valence-corrected chi connectivity index (χ1v) is 12.3. The molecule has 34 heavy (non-hydrogen) atoms. The maximum absolute atomic E-state index is 14.9. The van der Waals surface area contributed by atoms with E-state index < -0.39 is 45.0 Å². The number of carbonyl (C=O) groups is 1. The van der Waals surface area contributed by atoms with Crippen LogP contribution in [0.2, 0.25) is 5.02 Å². The molecule has 0 aliphatic carbocycles. The van der Waals surface area contributed by atoms with Gasteiger partial charge in [0.05, 0.1) is 16.5 Å². The van der Waals surface area contributed by atoms with Crippen molar-refractivity contribution in [3.8, 4) is 0 Å². The monoisotopic (exact) mass is 511 g/mol. The summed E-state index contributed by atoms with van der Waals surface area (Å²) < 4.78 is 51.0. The van der Waals surface area contributed by atoms with Crippen molar-refractivity contribution in [2.75, 3.05) is 17.7 Å². The average molecular weight is 512 g/mol. The molecule has 12 heteroatoms. The molecule has 3 aromatic rings. The number of nitrogens with one attached hydrogen (secondary N) is 1. The van der Waals surface area contributed by atoms with E-state index in [0.717, 1.165) is 6.07 Å². The molecule has 182 valence electrons. The lowest BCUT2D eigenvalue weighted by molar-refractivity contribution is 0.102. The summed E-state index contributed by atoms with van der Waals surface area (Å²) in [7, 11) is -3.47. The molecule has 0 spiro atoms. The van der Waals surface area contributed by atoms with Gasteiger partial charge in [-0.2, -0.15) is 10.6 Å². The average Bonchev–Trinajstić information content (AvgIpc) is 3.09. The highest BCUT2D eigenvalue weighted by Gasteiger charge is 2.51. The number of rotatable bonds is 4. The third-order valence-corrected chi connectivity index (χ3v) is 9.14. The van der Waals surface area contributed by atoms with Gasteiger partial charge < -0.3 is 15.5 Å². The van der Waals surface area contributed by atoms with E-state index in [2.05, 4.69) is 15.3 Å². The van der Waals surface area contributed by atoms with E-state index in [4.69, 9.17) is 17.3 Å². The minimum absolute atomic E-state index is 0.129. The second kappa shape index (κ2) is 8.19. The van der Waals surface area contributed by atoms with Crippen LogP contribution in [0.5, 0.6) is 0 Å². The molecule has 1 atom stereocenters. The summed E-state index contributed by atoms with van der Waals surface area (Å²) in [4.78, 5) is 21.4. The smallest absolute Gasteiger partial charge is 0.276 e. The van der Waals surface area contributed by atoms with Crippen LogP contribution < -0.4 is 11.1 Å². The maximum Gasteiger partial charge on any atom is 0.276 e. The molecule has 0 bridgehead atoms. The zero-order valence-electron chi connectivity index (χ0n) is 18.6. The Morgan fingerprint density at radius 3 is 2.68 bits per heavy atom. The number of anilines is 1. The van der Waals surface area contributed by atoms with Gasteiger partial charge >= 0.3 is 0 Å². The summed E-state index contributed by atoms with van der Waals surface area (Å²) in [6.45, 7) is 3.45. The van der Waals surface area contributed by atoms with Crippen LogP contribution in [0.1, 0.15) is 35.6 Å². The predicted octanol–water partition coefficient (Wildman–Crippen LogP) is 4.75. The van der Waals surface area contributed by atoms with Crippen LogP contribution in [0, 0.1) is 12.7 Å². The number of nitrogens with zero attached hydrogens (tertiary/aromatic N) is 3. The maximum atomic E-state index is 14.9. The van der Waals surface area contributed by atoms with Gasteiger partial charge in [-0.1, -0.05) is 11.6 Å². The second-order valence-electron chi connectivity index (χ2n) is 8.75. The number of halogens is 3. The van der Waals surface area contributed by atoms with Gasteiger partial charge in [0.2, 0.25) is 0 Å². The van der Waals surface area contributed by atoms with E-state index in [-0.39, 0.29) is 22.8 Å². The summed E-state index contributed by atoms with van der Waals surface area (Å²) in [5, 5.41) is 3.11. The molecule has 0 radical (unpaired) electrons. The number of hydrogen-bond donors (Lipinski definition) is 4. The summed E-state index contributed by atoms with van der Waals surface area (Å²) in [6.07, 6.45) is 1.63. The molecule has 4 rings (SSSR count). The molecule has 0 saturated heterocycles. The van der Waals surface area contributed by atoms with Crippen molar-refractivity contribution in [2.24, 2.45) is 10.7 Å². The van der Waals surface area contributed by atoms with E-state index in [0.29, 0.717) is 16.4 Å². The lowest BCUT2D eigenvalue weighted by Crippen LogP contribution is -2.53. The fraction of sp³-hybridized carbons (Fsp3) is 0.318. The van der Waals surface area contributed by atoms with Gasteiger partial charge in [0, 0.05) is 17.4 Å². The molecule has 2 aromatic heterocycles. The molecular formula is C22H24ClF2N5O3S. The van der Waals surface area contributed by atoms with Crippen LogP contribution in [0.3, 0.4) is 0 Å². The molecule has 0 saturated carbocycles. The molecule has 0 unspecified atom stereocenters. The second-order valence-corrected chi connectivity index (χ2v) is 11.8. The molecule has 5 N–H and O–H groups in total. The predicted molar refractivity (Wildman–Crippen MR) is 130 cm³/mol. The van der Waals surface area contributed by atoms with Gasteiger partial charge in [-0.3, -0.25) is 18.9 Å². The van der Waals surface area contributed by atoms with Crippen LogP contribution >= 0.6 is 22.2 Å². The number of benzene rings is 1. The number of amides is 1. The van der Waals surface area contributed by atoms with Crippen molar-refractivity contribution in [1.29, 1.82) is 0 Å². The van der Waals surface area contributed by atoms with E-state index in [1.54, 1.807) is 29.7 Å². The highest BCUT2D eigenvalue weighted by Crippen LogP contribution is 2.59. The summed E-state index contributed by atoms with van der Waals surface area (Å²) in [6, 6.07) is 6.89. The molecule has 3 heterocycles. The molecule has 8 nitrogen and oxygen atoms in total. The number of pyridine rings is 1. The van der Waals surface area contributed by atoms with Crippen LogP contribution in [-0.2, 0) is 5.54 Å². The zero-order chi connectivity index (χ0) is 25.1. The van der Waals surface area contributed by atoms with Gasteiger partial charge in [0.1, 0.15) is 40.0 Å². The van der Waals surface area contributed by atoms with Crippen molar-refractivity contribution in [1.82, 2.24) is 9.38 Å². The number of aromatic nitrogens is 2. The van der Waals surface area contributed by atoms with E-state index in [1.165, 1.54) is 26.0 Å². The Balaban J connectivity index is 1.72. The van der Waals surface area contributed by atoms with Crippen LogP contribution in [0.15, 0.2) is 41.5 Å². The number of nitrogens with two attached hydrogens (primary N) is 1. The Hall–Kier alpha value is -2.73. The van der Waals surface area contributed by atoms with Crippen molar-refractivity contribution in [2.45, 2.75) is 31.1 Å². The molecule has 1 aliphatic heterocycles. The standard InChI is InChI=1S/C22H24ClF2N5O3S/c1-12-18(28-17-7-4-13(23)9-30(12)17)19(31)27-14-5-6-16(25)15(8-14)22(10-24)11-34(32,33)21(2,3)20(26)29-22/h4-9,32-33H,10-11H2,1-3H3,(H2,26,29)(H,27,31)/t22-/m0/s1. The van der Waals surface area contributed by atoms with E-state index in [1.807, 2.05) is 0 Å². The Morgan fingerprint density at radius 2 is 2.03 bits per heavy atom. The lowest BCUT2D eigenvalue weighted by Gasteiger charge is -2.53. The lowest BCUT2D eigenvalue weighted by atomic mass is 9.92. The molecule has 1 aromatic carbocycles. The van der Waals surface area contributed by atoms with Crippen LogP contribution in [-0.4, -0.2) is 47.4 Å². The Bertz CT molecular complexity index is 1340. The SMILES string of the molecule is Cc1c(C(=O)Nc2ccc(F)c([C@]3(CF)CS(O)(O)C(C)(C)C(N)=N3)c2)nc2ccc(Cl)cn12. The number of alkyl halides is 1. The number of hydrogen-bond acceptors (Lipinski definition) is 6. The van der Waals surface area contributed by atoms with Crippen molar-refractivity contribution in [3.63, 3.8) is 0 Å². The van der Waals surface area contributed by atoms with Gasteiger partial charge in [0.25, 0.3) is 5.91 Å². The number of amidine groups is 1. The normalized spacial score (nSPS) is 22.3. The van der Waals surface area contributed by atoms with Crippen molar-refractivity contribution in [3.05, 3.63) is 64.3 Å². The topological polar surface area (TPSA) is 125 Å². The van der Waals surface area contributed by atoms with E-state index in [9.17, 15) is 22.7 Å². The van der Waals surface area contributed by atoms with Gasteiger partial charge in [-0.05, 0) is 51.1 Å². The van der Waals surface area contributed by atoms with Gasteiger partial charge in [-0.25, -0.2) is 13.8 Å². The van der Waals surface area contributed by atoms with Gasteiger partial charge in [0.15, 0.2) is 0 Å². The first-order valence-electron chi connectivity index (χ1n) is 10.2. The number of imidazole rings is 1. The zero-order valence-corrected chi connectivity index (χ0v) is 20.2. The van der Waals surface area contributed by atoms with E-state index >= 15 is 0 Å². The first kappa shape index (κ1) is 24.4. The Kier molecular flexibility index (Phi) is 5.88.